The van der Waals surface area contributed by atoms with E-state index < -0.39 is 0 Å². The van der Waals surface area contributed by atoms with E-state index in [-0.39, 0.29) is 23.9 Å². The average molecular weight is 288 g/mol. The molecular formula is C15H26ClNO2. The van der Waals surface area contributed by atoms with Crippen LogP contribution in [0.5, 0.6) is 11.5 Å². The van der Waals surface area contributed by atoms with Crippen LogP contribution in [0.15, 0.2) is 12.1 Å². The first-order chi connectivity index (χ1) is 8.60. The molecule has 1 aliphatic rings. The van der Waals surface area contributed by atoms with Gasteiger partial charge in [0.05, 0.1) is 0 Å². The Balaban J connectivity index is 0.000000335. The molecule has 0 heterocycles. The van der Waals surface area contributed by atoms with Crippen molar-refractivity contribution in [1.82, 2.24) is 4.90 Å². The molecule has 3 nitrogen and oxygen atoms in total. The van der Waals surface area contributed by atoms with Crippen LogP contribution in [0.25, 0.3) is 0 Å². The second-order valence-corrected chi connectivity index (χ2v) is 4.87. The van der Waals surface area contributed by atoms with E-state index in [1.54, 1.807) is 0 Å². The Morgan fingerprint density at radius 1 is 1.05 bits per heavy atom. The summed E-state index contributed by atoms with van der Waals surface area (Å²) in [6.07, 6.45) is 4.48. The Bertz CT molecular complexity index is 362. The molecule has 1 aliphatic carbocycles. The van der Waals surface area contributed by atoms with E-state index in [9.17, 15) is 5.11 Å². The van der Waals surface area contributed by atoms with Crippen molar-refractivity contribution < 1.29 is 10.2 Å². The molecule has 0 saturated heterocycles. The molecule has 0 unspecified atom stereocenters. The van der Waals surface area contributed by atoms with Crippen molar-refractivity contribution in [2.45, 2.75) is 39.5 Å². The highest BCUT2D eigenvalue weighted by atomic mass is 35.5. The average Bonchev–Trinajstić information content (AvgIpc) is 2.27. The van der Waals surface area contributed by atoms with Crippen molar-refractivity contribution in [2.75, 3.05) is 20.1 Å². The topological polar surface area (TPSA) is 43.7 Å². The molecule has 0 fully saturated rings. The van der Waals surface area contributed by atoms with E-state index in [1.165, 1.54) is 32.0 Å². The van der Waals surface area contributed by atoms with Gasteiger partial charge in [0.2, 0.25) is 0 Å². The van der Waals surface area contributed by atoms with Crippen molar-refractivity contribution in [3.8, 4) is 11.5 Å². The second-order valence-electron chi connectivity index (χ2n) is 4.87. The third-order valence-electron chi connectivity index (χ3n) is 3.21. The molecule has 0 atom stereocenters. The summed E-state index contributed by atoms with van der Waals surface area (Å²) < 4.78 is 0. The van der Waals surface area contributed by atoms with Gasteiger partial charge in [-0.3, -0.25) is 0 Å². The molecular weight excluding hydrogens is 262 g/mol. The minimum Gasteiger partial charge on any atom is -0.504 e. The molecule has 2 rings (SSSR count). The summed E-state index contributed by atoms with van der Waals surface area (Å²) in [5.74, 6) is 0.0715. The predicted octanol–water partition coefficient (Wildman–Crippen LogP) is 3.36. The molecule has 0 saturated carbocycles. The largest absolute Gasteiger partial charge is 0.504 e. The van der Waals surface area contributed by atoms with Crippen LogP contribution in [0.1, 0.15) is 37.8 Å². The summed E-state index contributed by atoms with van der Waals surface area (Å²) in [4.78, 5) is 2.36. The number of aromatic hydroxyl groups is 2. The van der Waals surface area contributed by atoms with Crippen molar-refractivity contribution in [1.29, 1.82) is 0 Å². The minimum absolute atomic E-state index is 0. The lowest BCUT2D eigenvalue weighted by Crippen LogP contribution is -2.19. The van der Waals surface area contributed by atoms with Crippen LogP contribution in [0.3, 0.4) is 0 Å². The summed E-state index contributed by atoms with van der Waals surface area (Å²) in [6.45, 7) is 6.92. The number of aryl methyl sites for hydroxylation is 1. The standard InChI is InChI=1S/C8H8O2.C7H17N.ClH/c9-7-4-2-5-1-3-6(5)8(7)10;1-4-6-8(3)7-5-2;/h2,4,9-10H,1,3H2;4-7H2,1-3H3;1H. The summed E-state index contributed by atoms with van der Waals surface area (Å²) in [7, 11) is 2.17. The van der Waals surface area contributed by atoms with Crippen LogP contribution in [0, 0.1) is 0 Å². The number of hydrogen-bond acceptors (Lipinski definition) is 3. The second kappa shape index (κ2) is 9.05. The quantitative estimate of drug-likeness (QED) is 0.835. The molecule has 19 heavy (non-hydrogen) atoms. The number of phenols is 2. The SMILES string of the molecule is CCCN(C)CCC.Cl.Oc1ccc2c(c1O)CC2. The maximum absolute atomic E-state index is 9.19. The van der Waals surface area contributed by atoms with Crippen LogP contribution in [0.4, 0.5) is 0 Å². The molecule has 0 radical (unpaired) electrons. The number of halogens is 1. The maximum atomic E-state index is 9.19. The first kappa shape index (κ1) is 18.1. The fraction of sp³-hybridized carbons (Fsp3) is 0.600. The van der Waals surface area contributed by atoms with Gasteiger partial charge in [-0.1, -0.05) is 19.9 Å². The van der Waals surface area contributed by atoms with Gasteiger partial charge in [0.25, 0.3) is 0 Å². The molecule has 0 amide bonds. The smallest absolute Gasteiger partial charge is 0.160 e. The molecule has 0 aliphatic heterocycles. The van der Waals surface area contributed by atoms with E-state index in [4.69, 9.17) is 5.11 Å². The lowest BCUT2D eigenvalue weighted by molar-refractivity contribution is 0.335. The molecule has 1 aromatic carbocycles. The van der Waals surface area contributed by atoms with Gasteiger partial charge >= 0.3 is 0 Å². The number of benzene rings is 1. The Kier molecular flexibility index (Phi) is 8.61. The highest BCUT2D eigenvalue weighted by Crippen LogP contribution is 2.37. The van der Waals surface area contributed by atoms with E-state index >= 15 is 0 Å². The molecule has 0 aromatic heterocycles. The Morgan fingerprint density at radius 2 is 1.63 bits per heavy atom. The van der Waals surface area contributed by atoms with Crippen molar-refractivity contribution in [3.63, 3.8) is 0 Å². The van der Waals surface area contributed by atoms with Crippen LogP contribution < -0.4 is 0 Å². The number of rotatable bonds is 4. The zero-order valence-corrected chi connectivity index (χ0v) is 13.0. The first-order valence-corrected chi connectivity index (χ1v) is 6.81. The van der Waals surface area contributed by atoms with E-state index in [0.29, 0.717) is 0 Å². The van der Waals surface area contributed by atoms with Crippen LogP contribution in [-0.4, -0.2) is 35.3 Å². The minimum atomic E-state index is -0.00144. The van der Waals surface area contributed by atoms with E-state index in [0.717, 1.165) is 24.0 Å². The van der Waals surface area contributed by atoms with Gasteiger partial charge in [-0.25, -0.2) is 0 Å². The van der Waals surface area contributed by atoms with Crippen molar-refractivity contribution in [2.24, 2.45) is 0 Å². The van der Waals surface area contributed by atoms with Gasteiger partial charge in [0.1, 0.15) is 0 Å². The number of hydrogen-bond donors (Lipinski definition) is 2. The monoisotopic (exact) mass is 287 g/mol. The number of phenolic OH excluding ortho intramolecular Hbond substituents is 2. The summed E-state index contributed by atoms with van der Waals surface area (Å²) in [6, 6.07) is 3.39. The maximum Gasteiger partial charge on any atom is 0.160 e. The first-order valence-electron chi connectivity index (χ1n) is 6.81. The highest BCUT2D eigenvalue weighted by Gasteiger charge is 2.18. The molecule has 0 spiro atoms. The lowest BCUT2D eigenvalue weighted by Gasteiger charge is -2.19. The van der Waals surface area contributed by atoms with E-state index in [1.807, 2.05) is 6.07 Å². The molecule has 1 aromatic rings. The number of fused-ring (bicyclic) bond motifs is 1. The van der Waals surface area contributed by atoms with Crippen molar-refractivity contribution in [3.05, 3.63) is 23.3 Å². The molecule has 4 heteroatoms. The third kappa shape index (κ3) is 5.29. The highest BCUT2D eigenvalue weighted by molar-refractivity contribution is 5.85. The molecule has 0 bridgehead atoms. The summed E-state index contributed by atoms with van der Waals surface area (Å²) in [5.41, 5.74) is 2.08. The van der Waals surface area contributed by atoms with Crippen LogP contribution >= 0.6 is 12.4 Å². The number of nitrogens with zero attached hydrogens (tertiary/aromatic N) is 1. The van der Waals surface area contributed by atoms with Gasteiger partial charge in [-0.05, 0) is 57.5 Å². The summed E-state index contributed by atoms with van der Waals surface area (Å²) >= 11 is 0. The summed E-state index contributed by atoms with van der Waals surface area (Å²) in [5, 5.41) is 18.2. The normalized spacial score (nSPS) is 11.8. The fourth-order valence-corrected chi connectivity index (χ4v) is 2.14. The zero-order chi connectivity index (χ0) is 13.5. The van der Waals surface area contributed by atoms with Gasteiger partial charge in [0.15, 0.2) is 11.5 Å². The van der Waals surface area contributed by atoms with Crippen molar-refractivity contribution >= 4 is 12.4 Å². The third-order valence-corrected chi connectivity index (χ3v) is 3.21. The predicted molar refractivity (Wildman–Crippen MR) is 82.5 cm³/mol. The zero-order valence-electron chi connectivity index (χ0n) is 12.1. The Morgan fingerprint density at radius 3 is 2.00 bits per heavy atom. The molecule has 2 N–H and O–H groups in total. The Hall–Kier alpha value is -0.930. The fourth-order valence-electron chi connectivity index (χ4n) is 2.14. The van der Waals surface area contributed by atoms with E-state index in [2.05, 4.69) is 25.8 Å². The van der Waals surface area contributed by atoms with Gasteiger partial charge < -0.3 is 15.1 Å². The van der Waals surface area contributed by atoms with Gasteiger partial charge in [-0.2, -0.15) is 0 Å². The molecule has 110 valence electrons. The van der Waals surface area contributed by atoms with Crippen LogP contribution in [-0.2, 0) is 12.8 Å². The lowest BCUT2D eigenvalue weighted by atomic mass is 9.88. The van der Waals surface area contributed by atoms with Gasteiger partial charge in [-0.15, -0.1) is 12.4 Å². The Labute approximate surface area is 122 Å². The van der Waals surface area contributed by atoms with Crippen LogP contribution in [0.2, 0.25) is 0 Å². The van der Waals surface area contributed by atoms with Gasteiger partial charge in [0, 0.05) is 5.56 Å².